The van der Waals surface area contributed by atoms with Crippen molar-refractivity contribution >= 4 is 10.0 Å². The predicted molar refractivity (Wildman–Crippen MR) is 78.1 cm³/mol. The molecule has 0 amide bonds. The SMILES string of the molecule is CN1CCC(C)(CNS(=O)(=O)c2cccc(O)c2)CC1. The maximum Gasteiger partial charge on any atom is 0.240 e. The zero-order valence-corrected chi connectivity index (χ0v) is 12.8. The van der Waals surface area contributed by atoms with Crippen LogP contribution < -0.4 is 4.72 Å². The van der Waals surface area contributed by atoms with Gasteiger partial charge in [0.05, 0.1) is 4.90 Å². The van der Waals surface area contributed by atoms with Crippen LogP contribution in [0.25, 0.3) is 0 Å². The van der Waals surface area contributed by atoms with Gasteiger partial charge in [-0.3, -0.25) is 0 Å². The summed E-state index contributed by atoms with van der Waals surface area (Å²) >= 11 is 0. The molecule has 1 aliphatic rings. The largest absolute Gasteiger partial charge is 0.508 e. The van der Waals surface area contributed by atoms with E-state index >= 15 is 0 Å². The zero-order valence-electron chi connectivity index (χ0n) is 12.0. The van der Waals surface area contributed by atoms with Gasteiger partial charge in [-0.05, 0) is 56.6 Å². The van der Waals surface area contributed by atoms with E-state index in [0.717, 1.165) is 25.9 Å². The highest BCUT2D eigenvalue weighted by molar-refractivity contribution is 7.89. The minimum absolute atomic E-state index is 0.00357. The van der Waals surface area contributed by atoms with E-state index in [1.54, 1.807) is 0 Å². The first-order chi connectivity index (χ1) is 9.31. The van der Waals surface area contributed by atoms with Crippen molar-refractivity contribution in [3.63, 3.8) is 0 Å². The maximum absolute atomic E-state index is 12.2. The number of benzene rings is 1. The molecule has 20 heavy (non-hydrogen) atoms. The lowest BCUT2D eigenvalue weighted by Crippen LogP contribution is -2.43. The van der Waals surface area contributed by atoms with E-state index in [1.165, 1.54) is 24.3 Å². The second-order valence-corrected chi connectivity index (χ2v) is 7.70. The average Bonchev–Trinajstić information content (AvgIpc) is 2.41. The van der Waals surface area contributed by atoms with Crippen LogP contribution in [0, 0.1) is 5.41 Å². The van der Waals surface area contributed by atoms with Crippen LogP contribution >= 0.6 is 0 Å². The van der Waals surface area contributed by atoms with E-state index in [4.69, 9.17) is 0 Å². The Kier molecular flexibility index (Phi) is 4.36. The van der Waals surface area contributed by atoms with Gasteiger partial charge in [0.1, 0.15) is 5.75 Å². The molecule has 0 saturated carbocycles. The highest BCUT2D eigenvalue weighted by atomic mass is 32.2. The number of nitrogens with zero attached hydrogens (tertiary/aromatic N) is 1. The van der Waals surface area contributed by atoms with Crippen molar-refractivity contribution in [2.45, 2.75) is 24.7 Å². The van der Waals surface area contributed by atoms with Gasteiger partial charge < -0.3 is 10.0 Å². The van der Waals surface area contributed by atoms with Crippen molar-refractivity contribution in [1.82, 2.24) is 9.62 Å². The number of hydrogen-bond acceptors (Lipinski definition) is 4. The molecule has 1 saturated heterocycles. The second kappa shape index (κ2) is 5.71. The lowest BCUT2D eigenvalue weighted by atomic mass is 9.81. The van der Waals surface area contributed by atoms with E-state index in [9.17, 15) is 13.5 Å². The molecular weight excluding hydrogens is 276 g/mol. The third kappa shape index (κ3) is 3.71. The van der Waals surface area contributed by atoms with E-state index in [2.05, 4.69) is 23.6 Å². The summed E-state index contributed by atoms with van der Waals surface area (Å²) in [5.41, 5.74) is -0.00357. The minimum Gasteiger partial charge on any atom is -0.508 e. The molecule has 0 atom stereocenters. The Morgan fingerprint density at radius 3 is 2.60 bits per heavy atom. The van der Waals surface area contributed by atoms with Crippen molar-refractivity contribution < 1.29 is 13.5 Å². The van der Waals surface area contributed by atoms with Crippen LogP contribution in [0.5, 0.6) is 5.75 Å². The number of aromatic hydroxyl groups is 1. The average molecular weight is 298 g/mol. The number of piperidine rings is 1. The standard InChI is InChI=1S/C14H22N2O3S/c1-14(6-8-16(2)9-7-14)11-15-20(18,19)13-5-3-4-12(17)10-13/h3-5,10,15,17H,6-9,11H2,1-2H3. The van der Waals surface area contributed by atoms with Gasteiger partial charge in [0.15, 0.2) is 0 Å². The first-order valence-electron chi connectivity index (χ1n) is 6.78. The van der Waals surface area contributed by atoms with Crippen LogP contribution in [0.15, 0.2) is 29.2 Å². The minimum atomic E-state index is -3.56. The molecule has 2 rings (SSSR count). The fraction of sp³-hybridized carbons (Fsp3) is 0.571. The van der Waals surface area contributed by atoms with Crippen LogP contribution in [-0.2, 0) is 10.0 Å². The van der Waals surface area contributed by atoms with Gasteiger partial charge in [0.25, 0.3) is 0 Å². The predicted octanol–water partition coefficient (Wildman–Crippen LogP) is 1.40. The number of likely N-dealkylation sites (tertiary alicyclic amines) is 1. The van der Waals surface area contributed by atoms with Gasteiger partial charge in [-0.25, -0.2) is 13.1 Å². The van der Waals surface area contributed by atoms with E-state index in [0.29, 0.717) is 6.54 Å². The molecule has 1 aromatic carbocycles. The van der Waals surface area contributed by atoms with Crippen LogP contribution in [0.1, 0.15) is 19.8 Å². The lowest BCUT2D eigenvalue weighted by molar-refractivity contribution is 0.143. The van der Waals surface area contributed by atoms with Crippen molar-refractivity contribution in [1.29, 1.82) is 0 Å². The molecule has 5 nitrogen and oxygen atoms in total. The third-order valence-corrected chi connectivity index (χ3v) is 5.41. The smallest absolute Gasteiger partial charge is 0.240 e. The molecule has 0 radical (unpaired) electrons. The summed E-state index contributed by atoms with van der Waals surface area (Å²) in [6, 6.07) is 5.73. The molecule has 1 aliphatic heterocycles. The molecule has 2 N–H and O–H groups in total. The summed E-state index contributed by atoms with van der Waals surface area (Å²) < 4.78 is 27.1. The Morgan fingerprint density at radius 1 is 1.35 bits per heavy atom. The molecule has 0 aliphatic carbocycles. The first kappa shape index (κ1) is 15.3. The van der Waals surface area contributed by atoms with E-state index in [1.807, 2.05) is 0 Å². The fourth-order valence-corrected chi connectivity index (χ4v) is 3.58. The normalized spacial score (nSPS) is 19.9. The number of sulfonamides is 1. The van der Waals surface area contributed by atoms with Gasteiger partial charge in [-0.1, -0.05) is 13.0 Å². The second-order valence-electron chi connectivity index (χ2n) is 5.94. The molecule has 1 heterocycles. The molecule has 0 unspecified atom stereocenters. The molecule has 0 aromatic heterocycles. The van der Waals surface area contributed by atoms with Gasteiger partial charge in [0, 0.05) is 6.54 Å². The zero-order chi connectivity index (χ0) is 14.8. The van der Waals surface area contributed by atoms with Crippen LogP contribution in [0.4, 0.5) is 0 Å². The Morgan fingerprint density at radius 2 is 2.00 bits per heavy atom. The summed E-state index contributed by atoms with van der Waals surface area (Å²) in [5.74, 6) is -0.0432. The van der Waals surface area contributed by atoms with E-state index in [-0.39, 0.29) is 16.1 Å². The number of phenolic OH excluding ortho intramolecular Hbond substituents is 1. The Hall–Kier alpha value is -1.11. The molecule has 1 fully saturated rings. The van der Waals surface area contributed by atoms with Crippen molar-refractivity contribution in [2.24, 2.45) is 5.41 Å². The summed E-state index contributed by atoms with van der Waals surface area (Å²) in [7, 11) is -1.48. The van der Waals surface area contributed by atoms with Gasteiger partial charge in [-0.15, -0.1) is 0 Å². The molecule has 112 valence electrons. The highest BCUT2D eigenvalue weighted by Crippen LogP contribution is 2.30. The molecule has 0 bridgehead atoms. The number of nitrogens with one attached hydrogen (secondary N) is 1. The number of phenols is 1. The topological polar surface area (TPSA) is 69.6 Å². The Bertz CT molecular complexity index is 564. The Labute approximate surface area is 120 Å². The first-order valence-corrected chi connectivity index (χ1v) is 8.26. The van der Waals surface area contributed by atoms with E-state index < -0.39 is 10.0 Å². The monoisotopic (exact) mass is 298 g/mol. The molecule has 0 spiro atoms. The summed E-state index contributed by atoms with van der Waals surface area (Å²) in [6.45, 7) is 4.53. The summed E-state index contributed by atoms with van der Waals surface area (Å²) in [6.07, 6.45) is 1.96. The highest BCUT2D eigenvalue weighted by Gasteiger charge is 2.30. The van der Waals surface area contributed by atoms with Crippen LogP contribution in [0.2, 0.25) is 0 Å². The molecule has 6 heteroatoms. The van der Waals surface area contributed by atoms with Gasteiger partial charge in [-0.2, -0.15) is 0 Å². The van der Waals surface area contributed by atoms with Gasteiger partial charge in [0.2, 0.25) is 10.0 Å². The van der Waals surface area contributed by atoms with Crippen molar-refractivity contribution in [3.05, 3.63) is 24.3 Å². The summed E-state index contributed by atoms with van der Waals surface area (Å²) in [4.78, 5) is 2.36. The number of rotatable bonds is 4. The number of hydrogen-bond donors (Lipinski definition) is 2. The Balaban J connectivity index is 2.03. The van der Waals surface area contributed by atoms with Crippen molar-refractivity contribution in [2.75, 3.05) is 26.7 Å². The lowest BCUT2D eigenvalue weighted by Gasteiger charge is -2.37. The maximum atomic E-state index is 12.2. The van der Waals surface area contributed by atoms with Crippen LogP contribution in [-0.4, -0.2) is 45.1 Å². The summed E-state index contributed by atoms with van der Waals surface area (Å²) in [5, 5.41) is 9.38. The third-order valence-electron chi connectivity index (χ3n) is 4.01. The van der Waals surface area contributed by atoms with Crippen LogP contribution in [0.3, 0.4) is 0 Å². The molecular formula is C14H22N2O3S. The van der Waals surface area contributed by atoms with Gasteiger partial charge >= 0.3 is 0 Å². The fourth-order valence-electron chi connectivity index (χ4n) is 2.34. The quantitative estimate of drug-likeness (QED) is 0.881. The van der Waals surface area contributed by atoms with Crippen molar-refractivity contribution in [3.8, 4) is 5.75 Å². The molecule has 1 aromatic rings.